The topological polar surface area (TPSA) is 44.2 Å². The summed E-state index contributed by atoms with van der Waals surface area (Å²) in [4.78, 5) is 6.64. The van der Waals surface area contributed by atoms with Gasteiger partial charge in [0.1, 0.15) is 0 Å². The third-order valence-electron chi connectivity index (χ3n) is 3.91. The molecule has 1 aromatic rings. The van der Waals surface area contributed by atoms with Crippen molar-refractivity contribution in [2.45, 2.75) is 51.5 Å². The summed E-state index contributed by atoms with van der Waals surface area (Å²) in [5.74, 6) is -1.17. The highest BCUT2D eigenvalue weighted by Gasteiger charge is 2.53. The third kappa shape index (κ3) is 2.54. The Morgan fingerprint density at radius 3 is 2.10 bits per heavy atom. The number of hydrogen-bond acceptors (Lipinski definition) is 4. The molecule has 1 saturated heterocycles. The molecule has 0 saturated carbocycles. The fourth-order valence-electron chi connectivity index (χ4n) is 2.05. The summed E-state index contributed by atoms with van der Waals surface area (Å²) in [5.41, 5.74) is -0.682. The van der Waals surface area contributed by atoms with Gasteiger partial charge < -0.3 is 9.31 Å². The molecule has 2 rings (SSSR count). The van der Waals surface area contributed by atoms with Gasteiger partial charge in [-0.1, -0.05) is 6.92 Å². The van der Waals surface area contributed by atoms with Crippen LogP contribution in [0.2, 0.25) is 0 Å². The quantitative estimate of drug-likeness (QED) is 0.782. The summed E-state index contributed by atoms with van der Waals surface area (Å²) in [7, 11) is -0.753. The van der Waals surface area contributed by atoms with Crippen molar-refractivity contribution in [1.82, 2.24) is 9.97 Å². The van der Waals surface area contributed by atoms with E-state index in [0.717, 1.165) is 18.8 Å². The molecule has 110 valence electrons. The van der Waals surface area contributed by atoms with E-state index in [1.165, 1.54) is 0 Å². The molecule has 0 aliphatic carbocycles. The summed E-state index contributed by atoms with van der Waals surface area (Å²) in [6.45, 7) is 7.66. The molecule has 0 spiro atoms. The molecule has 0 amide bonds. The van der Waals surface area contributed by atoms with Crippen LogP contribution >= 0.6 is 0 Å². The first-order valence-electron chi connectivity index (χ1n) is 6.34. The Labute approximate surface area is 115 Å². The van der Waals surface area contributed by atoms with E-state index in [4.69, 9.17) is 9.31 Å². The minimum atomic E-state index is -4.55. The standard InChI is InChI=1S/C12H16BF3N2O2/c1-5-11(4)10(2,3)19-13(20-11)8-6-17-9(18-7-8)12(14,15)16/h6-7H,5H2,1-4H3. The van der Waals surface area contributed by atoms with Gasteiger partial charge in [0.25, 0.3) is 0 Å². The van der Waals surface area contributed by atoms with Crippen molar-refractivity contribution in [3.63, 3.8) is 0 Å². The van der Waals surface area contributed by atoms with Crippen molar-refractivity contribution in [2.75, 3.05) is 0 Å². The van der Waals surface area contributed by atoms with Gasteiger partial charge in [-0.05, 0) is 27.2 Å². The minimum Gasteiger partial charge on any atom is -0.399 e. The molecule has 1 atom stereocenters. The zero-order valence-electron chi connectivity index (χ0n) is 11.8. The molecule has 0 bridgehead atoms. The maximum atomic E-state index is 12.4. The fraction of sp³-hybridized carbons (Fsp3) is 0.667. The molecule has 2 heterocycles. The zero-order valence-corrected chi connectivity index (χ0v) is 11.8. The average Bonchev–Trinajstić information content (AvgIpc) is 2.60. The van der Waals surface area contributed by atoms with Crippen LogP contribution < -0.4 is 5.46 Å². The molecule has 4 nitrogen and oxygen atoms in total. The van der Waals surface area contributed by atoms with Gasteiger partial charge in [0, 0.05) is 17.9 Å². The van der Waals surface area contributed by atoms with Crippen molar-refractivity contribution in [2.24, 2.45) is 0 Å². The molecular weight excluding hydrogens is 272 g/mol. The molecule has 1 fully saturated rings. The Morgan fingerprint density at radius 1 is 1.15 bits per heavy atom. The summed E-state index contributed by atoms with van der Waals surface area (Å²) in [6, 6.07) is 0. The molecule has 0 N–H and O–H groups in total. The SMILES string of the molecule is CCC1(C)OB(c2cnc(C(F)(F)F)nc2)OC1(C)C. The lowest BCUT2D eigenvalue weighted by Crippen LogP contribution is -2.44. The van der Waals surface area contributed by atoms with Gasteiger partial charge in [0.05, 0.1) is 11.2 Å². The molecule has 1 aromatic heterocycles. The van der Waals surface area contributed by atoms with Crippen molar-refractivity contribution < 1.29 is 22.5 Å². The van der Waals surface area contributed by atoms with E-state index in [2.05, 4.69) is 9.97 Å². The fourth-order valence-corrected chi connectivity index (χ4v) is 2.05. The first-order valence-corrected chi connectivity index (χ1v) is 6.34. The predicted octanol–water partition coefficient (Wildman–Crippen LogP) is 2.18. The van der Waals surface area contributed by atoms with E-state index in [9.17, 15) is 13.2 Å². The first-order chi connectivity index (χ1) is 9.09. The van der Waals surface area contributed by atoms with E-state index in [1.54, 1.807) is 0 Å². The maximum absolute atomic E-state index is 12.4. The number of rotatable bonds is 2. The second kappa shape index (κ2) is 4.70. The smallest absolute Gasteiger partial charge is 0.399 e. The highest BCUT2D eigenvalue weighted by atomic mass is 19.4. The van der Waals surface area contributed by atoms with Crippen LogP contribution in [0.5, 0.6) is 0 Å². The Hall–Kier alpha value is -1.15. The summed E-state index contributed by atoms with van der Waals surface area (Å²) < 4.78 is 48.9. The van der Waals surface area contributed by atoms with E-state index in [-0.39, 0.29) is 0 Å². The lowest BCUT2D eigenvalue weighted by Gasteiger charge is -2.35. The van der Waals surface area contributed by atoms with Crippen LogP contribution in [0.25, 0.3) is 0 Å². The Kier molecular flexibility index (Phi) is 3.58. The monoisotopic (exact) mass is 288 g/mol. The van der Waals surface area contributed by atoms with Gasteiger partial charge in [0.2, 0.25) is 5.82 Å². The molecular formula is C12H16BF3N2O2. The van der Waals surface area contributed by atoms with Gasteiger partial charge in [-0.3, -0.25) is 0 Å². The van der Waals surface area contributed by atoms with Crippen molar-refractivity contribution in [1.29, 1.82) is 0 Å². The lowest BCUT2D eigenvalue weighted by molar-refractivity contribution is -0.144. The average molecular weight is 288 g/mol. The normalized spacial score (nSPS) is 26.1. The van der Waals surface area contributed by atoms with Gasteiger partial charge in [0.15, 0.2) is 0 Å². The summed E-state index contributed by atoms with van der Waals surface area (Å²) >= 11 is 0. The Balaban J connectivity index is 2.23. The maximum Gasteiger partial charge on any atom is 0.498 e. The van der Waals surface area contributed by atoms with Crippen LogP contribution in [0.15, 0.2) is 12.4 Å². The predicted molar refractivity (Wildman–Crippen MR) is 67.4 cm³/mol. The molecule has 1 aliphatic heterocycles. The molecule has 8 heteroatoms. The van der Waals surface area contributed by atoms with Crippen LogP contribution in [-0.2, 0) is 15.5 Å². The summed E-state index contributed by atoms with van der Waals surface area (Å²) in [6.07, 6.45) is -1.64. The lowest BCUT2D eigenvalue weighted by atomic mass is 9.81. The van der Waals surface area contributed by atoms with Gasteiger partial charge in [-0.2, -0.15) is 13.2 Å². The molecule has 0 aromatic carbocycles. The van der Waals surface area contributed by atoms with Crippen LogP contribution in [0.4, 0.5) is 13.2 Å². The number of halogens is 3. The second-order valence-corrected chi connectivity index (χ2v) is 5.50. The number of nitrogens with zero attached hydrogens (tertiary/aromatic N) is 2. The van der Waals surface area contributed by atoms with Crippen LogP contribution in [-0.4, -0.2) is 28.3 Å². The highest BCUT2D eigenvalue weighted by Crippen LogP contribution is 2.39. The number of aromatic nitrogens is 2. The van der Waals surface area contributed by atoms with Gasteiger partial charge in [-0.25, -0.2) is 9.97 Å². The highest BCUT2D eigenvalue weighted by molar-refractivity contribution is 6.61. The minimum absolute atomic E-state index is 0.378. The molecule has 1 aliphatic rings. The second-order valence-electron chi connectivity index (χ2n) is 5.50. The zero-order chi connectivity index (χ0) is 15.2. The Morgan fingerprint density at radius 2 is 1.70 bits per heavy atom. The van der Waals surface area contributed by atoms with E-state index in [0.29, 0.717) is 5.46 Å². The van der Waals surface area contributed by atoms with Crippen molar-refractivity contribution in [3.8, 4) is 0 Å². The third-order valence-corrected chi connectivity index (χ3v) is 3.91. The van der Waals surface area contributed by atoms with Crippen molar-refractivity contribution >= 4 is 12.6 Å². The largest absolute Gasteiger partial charge is 0.498 e. The van der Waals surface area contributed by atoms with E-state index < -0.39 is 30.3 Å². The van der Waals surface area contributed by atoms with Crippen LogP contribution in [0, 0.1) is 0 Å². The van der Waals surface area contributed by atoms with Crippen LogP contribution in [0.1, 0.15) is 39.9 Å². The molecule has 1 unspecified atom stereocenters. The first kappa shape index (κ1) is 15.2. The molecule has 0 radical (unpaired) electrons. The van der Waals surface area contributed by atoms with Gasteiger partial charge >= 0.3 is 13.3 Å². The summed E-state index contributed by atoms with van der Waals surface area (Å²) in [5, 5.41) is 0. The van der Waals surface area contributed by atoms with E-state index in [1.807, 2.05) is 27.7 Å². The van der Waals surface area contributed by atoms with E-state index >= 15 is 0 Å². The number of alkyl halides is 3. The van der Waals surface area contributed by atoms with Crippen LogP contribution in [0.3, 0.4) is 0 Å². The van der Waals surface area contributed by atoms with Gasteiger partial charge in [-0.15, -0.1) is 0 Å². The number of hydrogen-bond donors (Lipinski definition) is 0. The van der Waals surface area contributed by atoms with Crippen molar-refractivity contribution in [3.05, 3.63) is 18.2 Å². The molecule has 20 heavy (non-hydrogen) atoms. The Bertz CT molecular complexity index is 492.